The average Bonchev–Trinajstić information content (AvgIpc) is 2.54. The Hall–Kier alpha value is -2.42. The van der Waals surface area contributed by atoms with Crippen LogP contribution in [0.2, 0.25) is 0 Å². The van der Waals surface area contributed by atoms with Gasteiger partial charge in [-0.25, -0.2) is 0 Å². The van der Waals surface area contributed by atoms with E-state index in [1.54, 1.807) is 12.1 Å². The Morgan fingerprint density at radius 2 is 1.67 bits per heavy atom. The van der Waals surface area contributed by atoms with Crippen molar-refractivity contribution in [2.75, 3.05) is 0 Å². The van der Waals surface area contributed by atoms with E-state index in [1.165, 1.54) is 0 Å². The molecule has 0 aliphatic carbocycles. The summed E-state index contributed by atoms with van der Waals surface area (Å²) < 4.78 is 6.22. The van der Waals surface area contributed by atoms with E-state index in [0.717, 1.165) is 46.4 Å². The number of hydrogen-bond donors (Lipinski definition) is 2. The highest BCUT2D eigenvalue weighted by Gasteiger charge is 2.31. The Kier molecular flexibility index (Phi) is 4.04. The maximum Gasteiger partial charge on any atom is 0.127 e. The zero-order valence-electron chi connectivity index (χ0n) is 14.7. The van der Waals surface area contributed by atoms with Crippen LogP contribution in [0.4, 0.5) is 0 Å². The highest BCUT2D eigenvalue weighted by molar-refractivity contribution is 5.78. The van der Waals surface area contributed by atoms with Crippen LogP contribution in [0.1, 0.15) is 48.1 Å². The predicted molar refractivity (Wildman–Crippen MR) is 97.6 cm³/mol. The van der Waals surface area contributed by atoms with Crippen LogP contribution in [0.25, 0.3) is 12.2 Å². The van der Waals surface area contributed by atoms with Gasteiger partial charge in [-0.1, -0.05) is 24.3 Å². The van der Waals surface area contributed by atoms with Crippen molar-refractivity contribution in [3.8, 4) is 17.2 Å². The summed E-state index contributed by atoms with van der Waals surface area (Å²) in [6.45, 7) is 8.13. The van der Waals surface area contributed by atoms with E-state index >= 15 is 0 Å². The smallest absolute Gasteiger partial charge is 0.127 e. The van der Waals surface area contributed by atoms with Crippen molar-refractivity contribution >= 4 is 12.2 Å². The van der Waals surface area contributed by atoms with E-state index < -0.39 is 0 Å². The molecule has 0 atom stereocenters. The molecule has 2 aromatic carbocycles. The van der Waals surface area contributed by atoms with Gasteiger partial charge in [-0.15, -0.1) is 0 Å². The molecule has 1 heterocycles. The SMILES string of the molecule is Cc1c(C)c2c(c(/C=C/c3ccc(O)cc3)c1O)CCC(C)(C)O2. The van der Waals surface area contributed by atoms with Crippen molar-refractivity contribution in [1.82, 2.24) is 0 Å². The molecule has 1 aliphatic heterocycles. The molecular formula is C21H24O3. The van der Waals surface area contributed by atoms with E-state index in [1.807, 2.05) is 38.1 Å². The second-order valence-electron chi connectivity index (χ2n) is 7.11. The molecular weight excluding hydrogens is 300 g/mol. The second kappa shape index (κ2) is 5.90. The molecule has 0 fully saturated rings. The van der Waals surface area contributed by atoms with Gasteiger partial charge in [0.2, 0.25) is 0 Å². The number of aromatic hydroxyl groups is 2. The molecule has 0 saturated carbocycles. The fourth-order valence-corrected chi connectivity index (χ4v) is 3.13. The molecule has 2 aromatic rings. The first-order valence-electron chi connectivity index (χ1n) is 8.29. The zero-order chi connectivity index (χ0) is 17.5. The Balaban J connectivity index is 2.08. The normalized spacial score (nSPS) is 16.0. The van der Waals surface area contributed by atoms with Crippen LogP contribution in [0.3, 0.4) is 0 Å². The summed E-state index contributed by atoms with van der Waals surface area (Å²) in [6, 6.07) is 6.99. The summed E-state index contributed by atoms with van der Waals surface area (Å²) >= 11 is 0. The van der Waals surface area contributed by atoms with Gasteiger partial charge in [0.25, 0.3) is 0 Å². The molecule has 3 heteroatoms. The molecule has 126 valence electrons. The molecule has 0 bridgehead atoms. The van der Waals surface area contributed by atoms with Crippen LogP contribution in [-0.2, 0) is 6.42 Å². The number of ether oxygens (including phenoxy) is 1. The third-order valence-electron chi connectivity index (χ3n) is 4.80. The summed E-state index contributed by atoms with van der Waals surface area (Å²) in [5.74, 6) is 1.48. The minimum atomic E-state index is -0.181. The van der Waals surface area contributed by atoms with Gasteiger partial charge in [-0.2, -0.15) is 0 Å². The van der Waals surface area contributed by atoms with Crippen molar-refractivity contribution in [2.45, 2.75) is 46.1 Å². The number of hydrogen-bond acceptors (Lipinski definition) is 3. The van der Waals surface area contributed by atoms with Crippen LogP contribution in [-0.4, -0.2) is 15.8 Å². The standard InChI is InChI=1S/C21H24O3/c1-13-14(2)20-18(11-12-21(3,4)24-20)17(19(13)23)10-7-15-5-8-16(22)9-6-15/h5-10,22-23H,11-12H2,1-4H3/b10-7+. The third kappa shape index (κ3) is 2.99. The topological polar surface area (TPSA) is 49.7 Å². The van der Waals surface area contributed by atoms with E-state index in [2.05, 4.69) is 13.8 Å². The minimum Gasteiger partial charge on any atom is -0.508 e. The van der Waals surface area contributed by atoms with Crippen LogP contribution in [0.15, 0.2) is 24.3 Å². The quantitative estimate of drug-likeness (QED) is 0.765. The summed E-state index contributed by atoms with van der Waals surface area (Å²) in [4.78, 5) is 0. The van der Waals surface area contributed by atoms with Gasteiger partial charge in [0.15, 0.2) is 0 Å². The molecule has 1 aliphatic rings. The Morgan fingerprint density at radius 3 is 2.33 bits per heavy atom. The minimum absolute atomic E-state index is 0.181. The molecule has 0 amide bonds. The van der Waals surface area contributed by atoms with E-state index in [4.69, 9.17) is 4.74 Å². The lowest BCUT2D eigenvalue weighted by Crippen LogP contribution is -2.33. The lowest BCUT2D eigenvalue weighted by Gasteiger charge is -2.35. The summed E-state index contributed by atoms with van der Waals surface area (Å²) in [5.41, 5.74) is 4.56. The van der Waals surface area contributed by atoms with Gasteiger partial charge >= 0.3 is 0 Å². The number of phenols is 2. The van der Waals surface area contributed by atoms with Crippen molar-refractivity contribution < 1.29 is 14.9 Å². The van der Waals surface area contributed by atoms with Gasteiger partial charge in [0.1, 0.15) is 22.8 Å². The molecule has 3 rings (SSSR count). The molecule has 0 aromatic heterocycles. The van der Waals surface area contributed by atoms with Crippen molar-refractivity contribution in [3.05, 3.63) is 52.1 Å². The van der Waals surface area contributed by atoms with Crippen LogP contribution in [0.5, 0.6) is 17.2 Å². The average molecular weight is 324 g/mol. The second-order valence-corrected chi connectivity index (χ2v) is 7.11. The molecule has 3 nitrogen and oxygen atoms in total. The van der Waals surface area contributed by atoms with Gasteiger partial charge in [-0.05, 0) is 69.4 Å². The first-order chi connectivity index (χ1) is 11.3. The van der Waals surface area contributed by atoms with Crippen LogP contribution in [0, 0.1) is 13.8 Å². The number of fused-ring (bicyclic) bond motifs is 1. The molecule has 0 saturated heterocycles. The number of rotatable bonds is 2. The number of benzene rings is 2. The van der Waals surface area contributed by atoms with E-state index in [9.17, 15) is 10.2 Å². The fraction of sp³-hybridized carbons (Fsp3) is 0.333. The van der Waals surface area contributed by atoms with Gasteiger partial charge in [0.05, 0.1) is 0 Å². The molecule has 0 radical (unpaired) electrons. The van der Waals surface area contributed by atoms with Crippen LogP contribution >= 0.6 is 0 Å². The van der Waals surface area contributed by atoms with Gasteiger partial charge in [0, 0.05) is 11.1 Å². The largest absolute Gasteiger partial charge is 0.508 e. The lowest BCUT2D eigenvalue weighted by molar-refractivity contribution is 0.0833. The van der Waals surface area contributed by atoms with Gasteiger partial charge in [-0.3, -0.25) is 0 Å². The third-order valence-corrected chi connectivity index (χ3v) is 4.80. The molecule has 24 heavy (non-hydrogen) atoms. The number of phenolic OH excluding ortho intramolecular Hbond substituents is 2. The summed E-state index contributed by atoms with van der Waals surface area (Å²) in [7, 11) is 0. The monoisotopic (exact) mass is 324 g/mol. The Labute approximate surface area is 143 Å². The highest BCUT2D eigenvalue weighted by Crippen LogP contribution is 2.44. The summed E-state index contributed by atoms with van der Waals surface area (Å²) in [6.07, 6.45) is 5.69. The predicted octanol–water partition coefficient (Wildman–Crippen LogP) is 4.99. The summed E-state index contributed by atoms with van der Waals surface area (Å²) in [5, 5.41) is 20.0. The highest BCUT2D eigenvalue weighted by atomic mass is 16.5. The zero-order valence-corrected chi connectivity index (χ0v) is 14.7. The van der Waals surface area contributed by atoms with Crippen molar-refractivity contribution in [2.24, 2.45) is 0 Å². The van der Waals surface area contributed by atoms with Crippen LogP contribution < -0.4 is 4.74 Å². The maximum absolute atomic E-state index is 10.6. The fourth-order valence-electron chi connectivity index (χ4n) is 3.13. The maximum atomic E-state index is 10.6. The van der Waals surface area contributed by atoms with Gasteiger partial charge < -0.3 is 14.9 Å². The lowest BCUT2D eigenvalue weighted by atomic mass is 9.87. The van der Waals surface area contributed by atoms with E-state index in [0.29, 0.717) is 5.75 Å². The van der Waals surface area contributed by atoms with Crippen molar-refractivity contribution in [1.29, 1.82) is 0 Å². The first kappa shape index (κ1) is 16.4. The molecule has 0 spiro atoms. The van der Waals surface area contributed by atoms with E-state index in [-0.39, 0.29) is 11.4 Å². The Bertz CT molecular complexity index is 799. The molecule has 0 unspecified atom stereocenters. The van der Waals surface area contributed by atoms with Crippen molar-refractivity contribution in [3.63, 3.8) is 0 Å². The first-order valence-corrected chi connectivity index (χ1v) is 8.29. The molecule has 2 N–H and O–H groups in total. The Morgan fingerprint density at radius 1 is 1.00 bits per heavy atom.